The van der Waals surface area contributed by atoms with Gasteiger partial charge in [0.1, 0.15) is 5.75 Å². The first-order chi connectivity index (χ1) is 13.6. The number of halogens is 1. The van der Waals surface area contributed by atoms with Crippen molar-refractivity contribution in [3.8, 4) is 5.75 Å². The fourth-order valence-electron chi connectivity index (χ4n) is 5.06. The topological polar surface area (TPSA) is 24.9 Å². The average molecular weight is 409 g/mol. The molecule has 3 atom stereocenters. The third kappa shape index (κ3) is 5.21. The second kappa shape index (κ2) is 9.33. The highest BCUT2D eigenvalue weighted by atomic mass is 32.2. The summed E-state index contributed by atoms with van der Waals surface area (Å²) in [6, 6.07) is 8.53. The van der Waals surface area contributed by atoms with Crippen LogP contribution in [0.1, 0.15) is 32.6 Å². The second-order valence-corrected chi connectivity index (χ2v) is 9.88. The Labute approximate surface area is 172 Å². The molecular weight excluding hydrogens is 375 g/mol. The van der Waals surface area contributed by atoms with E-state index in [4.69, 9.17) is 9.47 Å². The van der Waals surface area contributed by atoms with E-state index in [0.717, 1.165) is 37.0 Å². The third-order valence-corrected chi connectivity index (χ3v) is 7.60. The van der Waals surface area contributed by atoms with E-state index in [1.807, 2.05) is 36.2 Å². The molecule has 1 saturated carbocycles. The van der Waals surface area contributed by atoms with Crippen LogP contribution in [-0.2, 0) is 4.74 Å². The maximum Gasteiger partial charge on any atom is 0.235 e. The molecule has 4 nitrogen and oxygen atoms in total. The summed E-state index contributed by atoms with van der Waals surface area (Å²) in [4.78, 5) is 3.84. The Balaban J connectivity index is 1.22. The van der Waals surface area contributed by atoms with Crippen LogP contribution in [0.15, 0.2) is 29.2 Å². The van der Waals surface area contributed by atoms with Crippen LogP contribution in [0.25, 0.3) is 0 Å². The maximum atomic E-state index is 12.9. The van der Waals surface area contributed by atoms with Gasteiger partial charge in [0.2, 0.25) is 6.36 Å². The fourth-order valence-corrected chi connectivity index (χ4v) is 6.15. The van der Waals surface area contributed by atoms with Crippen LogP contribution in [0.4, 0.5) is 4.39 Å². The SMILES string of the molecule is CC(F)Oc1ccc(SN2CC3CC(N(C)CC4CCOCC4)CC3C2)cc1. The maximum absolute atomic E-state index is 12.9. The van der Waals surface area contributed by atoms with Gasteiger partial charge in [0.15, 0.2) is 0 Å². The molecule has 1 aromatic carbocycles. The van der Waals surface area contributed by atoms with Gasteiger partial charge in [-0.2, -0.15) is 0 Å². The lowest BCUT2D eigenvalue weighted by Gasteiger charge is -2.31. The Morgan fingerprint density at radius 1 is 1.18 bits per heavy atom. The van der Waals surface area contributed by atoms with E-state index in [2.05, 4.69) is 16.3 Å². The van der Waals surface area contributed by atoms with Crippen LogP contribution in [0, 0.1) is 17.8 Å². The number of nitrogens with zero attached hydrogens (tertiary/aromatic N) is 2. The number of alkyl halides is 1. The second-order valence-electron chi connectivity index (χ2n) is 8.71. The Kier molecular flexibility index (Phi) is 6.81. The zero-order valence-electron chi connectivity index (χ0n) is 17.1. The highest BCUT2D eigenvalue weighted by Gasteiger charge is 2.42. The molecule has 0 spiro atoms. The van der Waals surface area contributed by atoms with Crippen LogP contribution in [0.2, 0.25) is 0 Å². The summed E-state index contributed by atoms with van der Waals surface area (Å²) in [5.74, 6) is 3.06. The Morgan fingerprint density at radius 2 is 1.82 bits per heavy atom. The van der Waals surface area contributed by atoms with E-state index in [9.17, 15) is 4.39 Å². The molecular formula is C22H33FN2O2S. The van der Waals surface area contributed by atoms with Gasteiger partial charge in [-0.25, -0.2) is 8.70 Å². The van der Waals surface area contributed by atoms with Crippen molar-refractivity contribution in [2.24, 2.45) is 17.8 Å². The van der Waals surface area contributed by atoms with Crippen molar-refractivity contribution < 1.29 is 13.9 Å². The highest BCUT2D eigenvalue weighted by Crippen LogP contribution is 2.43. The normalized spacial score (nSPS) is 29.9. The van der Waals surface area contributed by atoms with Gasteiger partial charge in [0.25, 0.3) is 0 Å². The van der Waals surface area contributed by atoms with Crippen molar-refractivity contribution in [3.63, 3.8) is 0 Å². The van der Waals surface area contributed by atoms with Gasteiger partial charge >= 0.3 is 0 Å². The molecule has 2 saturated heterocycles. The van der Waals surface area contributed by atoms with E-state index in [1.54, 1.807) is 0 Å². The summed E-state index contributed by atoms with van der Waals surface area (Å²) in [6.07, 6.45) is 3.85. The molecule has 156 valence electrons. The van der Waals surface area contributed by atoms with E-state index in [-0.39, 0.29) is 0 Å². The van der Waals surface area contributed by atoms with Gasteiger partial charge in [0.05, 0.1) is 0 Å². The lowest BCUT2D eigenvalue weighted by atomic mass is 9.99. The Hall–Kier alpha value is -0.820. The van der Waals surface area contributed by atoms with Gasteiger partial charge < -0.3 is 14.4 Å². The van der Waals surface area contributed by atoms with Crippen LogP contribution < -0.4 is 4.74 Å². The lowest BCUT2D eigenvalue weighted by Crippen LogP contribution is -2.36. The molecule has 0 amide bonds. The van der Waals surface area contributed by atoms with Crippen molar-refractivity contribution in [1.29, 1.82) is 0 Å². The van der Waals surface area contributed by atoms with Crippen LogP contribution >= 0.6 is 11.9 Å². The molecule has 1 aliphatic carbocycles. The molecule has 6 heteroatoms. The van der Waals surface area contributed by atoms with Crippen molar-refractivity contribution in [1.82, 2.24) is 9.21 Å². The molecule has 2 aliphatic heterocycles. The predicted molar refractivity (Wildman–Crippen MR) is 111 cm³/mol. The molecule has 0 bridgehead atoms. The summed E-state index contributed by atoms with van der Waals surface area (Å²) in [6.45, 7) is 6.88. The molecule has 1 aromatic rings. The van der Waals surface area contributed by atoms with Gasteiger partial charge in [-0.3, -0.25) is 0 Å². The highest BCUT2D eigenvalue weighted by molar-refractivity contribution is 7.97. The summed E-state index contributed by atoms with van der Waals surface area (Å²) in [5.41, 5.74) is 0. The van der Waals surface area contributed by atoms with E-state index < -0.39 is 6.36 Å². The van der Waals surface area contributed by atoms with Crippen molar-refractivity contribution >= 4 is 11.9 Å². The minimum absolute atomic E-state index is 0.591. The third-order valence-electron chi connectivity index (χ3n) is 6.56. The first kappa shape index (κ1) is 20.5. The van der Waals surface area contributed by atoms with E-state index >= 15 is 0 Å². The molecule has 4 rings (SSSR count). The van der Waals surface area contributed by atoms with Gasteiger partial charge in [-0.05, 0) is 86.7 Å². The number of fused-ring (bicyclic) bond motifs is 1. The smallest absolute Gasteiger partial charge is 0.235 e. The average Bonchev–Trinajstić information content (AvgIpc) is 3.22. The molecule has 0 N–H and O–H groups in total. The fraction of sp³-hybridized carbons (Fsp3) is 0.727. The molecule has 3 unspecified atom stereocenters. The standard InChI is InChI=1S/C22H33FN2O2S/c1-16(23)27-21-3-5-22(6-4-21)28-25-14-18-11-20(12-19(18)15-25)24(2)13-17-7-9-26-10-8-17/h3-6,16-20H,7-15H2,1-2H3. The minimum atomic E-state index is -1.27. The molecule has 0 aromatic heterocycles. The quantitative estimate of drug-likeness (QED) is 0.621. The lowest BCUT2D eigenvalue weighted by molar-refractivity contribution is 0.0500. The summed E-state index contributed by atoms with van der Waals surface area (Å²) >= 11 is 1.83. The molecule has 3 fully saturated rings. The van der Waals surface area contributed by atoms with Crippen LogP contribution in [0.5, 0.6) is 5.75 Å². The minimum Gasteiger partial charge on any atom is -0.461 e. The summed E-state index contributed by atoms with van der Waals surface area (Å²) in [5, 5.41) is 0. The van der Waals surface area contributed by atoms with Gasteiger partial charge in [-0.15, -0.1) is 0 Å². The largest absolute Gasteiger partial charge is 0.461 e. The molecule has 2 heterocycles. The number of hydrogen-bond acceptors (Lipinski definition) is 5. The Morgan fingerprint density at radius 3 is 2.43 bits per heavy atom. The van der Waals surface area contributed by atoms with Gasteiger partial charge in [-0.1, -0.05) is 0 Å². The van der Waals surface area contributed by atoms with Crippen LogP contribution in [0.3, 0.4) is 0 Å². The zero-order valence-corrected chi connectivity index (χ0v) is 17.9. The first-order valence-electron chi connectivity index (χ1n) is 10.7. The Bertz CT molecular complexity index is 609. The zero-order chi connectivity index (χ0) is 19.5. The molecule has 0 radical (unpaired) electrons. The number of benzene rings is 1. The van der Waals surface area contributed by atoms with Crippen molar-refractivity contribution in [3.05, 3.63) is 24.3 Å². The molecule has 28 heavy (non-hydrogen) atoms. The van der Waals surface area contributed by atoms with Gasteiger partial charge in [0, 0.05) is 50.7 Å². The number of hydrogen-bond donors (Lipinski definition) is 0. The van der Waals surface area contributed by atoms with Crippen molar-refractivity contribution in [2.75, 3.05) is 39.9 Å². The molecule has 3 aliphatic rings. The summed E-state index contributed by atoms with van der Waals surface area (Å²) < 4.78 is 26.0. The van der Waals surface area contributed by atoms with Crippen LogP contribution in [-0.4, -0.2) is 61.5 Å². The van der Waals surface area contributed by atoms with E-state index in [1.165, 1.54) is 57.1 Å². The number of rotatable bonds is 7. The first-order valence-corrected chi connectivity index (χ1v) is 11.5. The summed E-state index contributed by atoms with van der Waals surface area (Å²) in [7, 11) is 2.33. The predicted octanol–water partition coefficient (Wildman–Crippen LogP) is 4.46. The van der Waals surface area contributed by atoms with Crippen molar-refractivity contribution in [2.45, 2.75) is 49.9 Å². The number of ether oxygens (including phenoxy) is 2. The monoisotopic (exact) mass is 408 g/mol. The van der Waals surface area contributed by atoms with E-state index in [0.29, 0.717) is 5.75 Å².